The molecule has 0 spiro atoms. The Hall–Kier alpha value is -1.80. The molecule has 7 nitrogen and oxygen atoms in total. The van der Waals surface area contributed by atoms with Gasteiger partial charge in [-0.3, -0.25) is 4.79 Å². The fraction of sp³-hybridized carbons (Fsp3) is 0.533. The van der Waals surface area contributed by atoms with Crippen molar-refractivity contribution in [3.63, 3.8) is 0 Å². The smallest absolute Gasteiger partial charge is 0.238 e. The second-order valence-corrected chi connectivity index (χ2v) is 7.40. The Morgan fingerprint density at radius 3 is 2.70 bits per heavy atom. The van der Waals surface area contributed by atoms with Crippen LogP contribution in [-0.2, 0) is 19.4 Å². The molecule has 1 aliphatic rings. The lowest BCUT2D eigenvalue weighted by Gasteiger charge is -2.19. The molecule has 1 heterocycles. The molecular weight excluding hydrogens is 322 g/mol. The number of ether oxygens (including phenoxy) is 3. The van der Waals surface area contributed by atoms with Gasteiger partial charge in [0.1, 0.15) is 18.5 Å². The van der Waals surface area contributed by atoms with E-state index < -0.39 is 21.0 Å². The van der Waals surface area contributed by atoms with Gasteiger partial charge in [-0.05, 0) is 25.5 Å². The van der Waals surface area contributed by atoms with Crippen LogP contribution in [0.1, 0.15) is 13.3 Å². The SMILES string of the molecule is COCCCNC(=O)[C@@H](C)S(=O)(=O)c1ccc2c(c1)OCCO2. The van der Waals surface area contributed by atoms with Gasteiger partial charge in [-0.15, -0.1) is 0 Å². The fourth-order valence-corrected chi connectivity index (χ4v) is 3.42. The first-order chi connectivity index (χ1) is 11.0. The molecule has 0 bridgehead atoms. The van der Waals surface area contributed by atoms with E-state index in [2.05, 4.69) is 5.32 Å². The van der Waals surface area contributed by atoms with Crippen molar-refractivity contribution in [3.8, 4) is 11.5 Å². The summed E-state index contributed by atoms with van der Waals surface area (Å²) in [6.07, 6.45) is 0.624. The van der Waals surface area contributed by atoms with Crippen LogP contribution < -0.4 is 14.8 Å². The van der Waals surface area contributed by atoms with Crippen LogP contribution >= 0.6 is 0 Å². The van der Waals surface area contributed by atoms with Gasteiger partial charge in [0.15, 0.2) is 21.3 Å². The van der Waals surface area contributed by atoms with E-state index in [1.165, 1.54) is 19.1 Å². The van der Waals surface area contributed by atoms with Gasteiger partial charge in [0.2, 0.25) is 5.91 Å². The minimum Gasteiger partial charge on any atom is -0.486 e. The highest BCUT2D eigenvalue weighted by Crippen LogP contribution is 2.33. The van der Waals surface area contributed by atoms with Crippen molar-refractivity contribution < 1.29 is 27.4 Å². The van der Waals surface area contributed by atoms with E-state index >= 15 is 0 Å². The first-order valence-corrected chi connectivity index (χ1v) is 8.91. The largest absolute Gasteiger partial charge is 0.486 e. The maximum Gasteiger partial charge on any atom is 0.238 e. The highest BCUT2D eigenvalue weighted by molar-refractivity contribution is 7.92. The maximum absolute atomic E-state index is 12.6. The van der Waals surface area contributed by atoms with Crippen LogP contribution in [0.2, 0.25) is 0 Å². The van der Waals surface area contributed by atoms with E-state index in [-0.39, 0.29) is 4.90 Å². The number of rotatable bonds is 7. The number of carbonyl (C=O) groups is 1. The third kappa shape index (κ3) is 4.14. The van der Waals surface area contributed by atoms with E-state index in [0.29, 0.717) is 44.3 Å². The third-order valence-electron chi connectivity index (χ3n) is 3.50. The Labute approximate surface area is 135 Å². The van der Waals surface area contributed by atoms with E-state index in [0.717, 1.165) is 0 Å². The van der Waals surface area contributed by atoms with Gasteiger partial charge in [0.05, 0.1) is 4.90 Å². The Bertz CT molecular complexity index is 658. The highest BCUT2D eigenvalue weighted by Gasteiger charge is 2.30. The molecule has 1 atom stereocenters. The van der Waals surface area contributed by atoms with Gasteiger partial charge in [-0.2, -0.15) is 0 Å². The van der Waals surface area contributed by atoms with E-state index in [1.54, 1.807) is 13.2 Å². The zero-order valence-corrected chi connectivity index (χ0v) is 14.0. The van der Waals surface area contributed by atoms with Crippen LogP contribution in [0.15, 0.2) is 23.1 Å². The predicted octanol–water partition coefficient (Wildman–Crippen LogP) is 0.773. The van der Waals surface area contributed by atoms with Crippen molar-refractivity contribution in [1.29, 1.82) is 0 Å². The molecule has 0 aromatic heterocycles. The van der Waals surface area contributed by atoms with Crippen LogP contribution in [0.5, 0.6) is 11.5 Å². The number of carbonyl (C=O) groups excluding carboxylic acids is 1. The second kappa shape index (κ2) is 7.65. The fourth-order valence-electron chi connectivity index (χ4n) is 2.12. The number of benzene rings is 1. The Kier molecular flexibility index (Phi) is 5.84. The predicted molar refractivity (Wildman–Crippen MR) is 83.6 cm³/mol. The summed E-state index contributed by atoms with van der Waals surface area (Å²) in [5.41, 5.74) is 0. The van der Waals surface area contributed by atoms with Crippen molar-refractivity contribution in [2.45, 2.75) is 23.5 Å². The van der Waals surface area contributed by atoms with Crippen molar-refractivity contribution in [3.05, 3.63) is 18.2 Å². The van der Waals surface area contributed by atoms with E-state index in [1.807, 2.05) is 0 Å². The lowest BCUT2D eigenvalue weighted by molar-refractivity contribution is -0.120. The second-order valence-electron chi connectivity index (χ2n) is 5.13. The molecule has 0 fully saturated rings. The number of fused-ring (bicyclic) bond motifs is 1. The molecule has 128 valence electrons. The van der Waals surface area contributed by atoms with Crippen molar-refractivity contribution in [2.24, 2.45) is 0 Å². The molecule has 8 heteroatoms. The monoisotopic (exact) mass is 343 g/mol. The molecule has 2 rings (SSSR count). The normalized spacial score (nSPS) is 15.0. The minimum absolute atomic E-state index is 0.0429. The summed E-state index contributed by atoms with van der Waals surface area (Å²) in [6, 6.07) is 4.38. The molecule has 1 aromatic carbocycles. The number of sulfone groups is 1. The Morgan fingerprint density at radius 1 is 1.30 bits per heavy atom. The van der Waals surface area contributed by atoms with Crippen LogP contribution in [0.4, 0.5) is 0 Å². The molecule has 1 aliphatic heterocycles. The van der Waals surface area contributed by atoms with Gasteiger partial charge < -0.3 is 19.5 Å². The zero-order valence-electron chi connectivity index (χ0n) is 13.2. The molecule has 0 unspecified atom stereocenters. The molecule has 0 saturated carbocycles. The lowest BCUT2D eigenvalue weighted by Crippen LogP contribution is -2.38. The average Bonchev–Trinajstić information content (AvgIpc) is 2.57. The van der Waals surface area contributed by atoms with E-state index in [9.17, 15) is 13.2 Å². The highest BCUT2D eigenvalue weighted by atomic mass is 32.2. The minimum atomic E-state index is -3.79. The standard InChI is InChI=1S/C15H21NO6S/c1-11(15(17)16-6-3-7-20-2)23(18,19)12-4-5-13-14(10-12)22-9-8-21-13/h4-5,10-11H,3,6-9H2,1-2H3,(H,16,17)/t11-/m1/s1. The quantitative estimate of drug-likeness (QED) is 0.736. The first kappa shape index (κ1) is 17.6. The molecule has 0 aliphatic carbocycles. The number of nitrogens with one attached hydrogen (secondary N) is 1. The number of methoxy groups -OCH3 is 1. The summed E-state index contributed by atoms with van der Waals surface area (Å²) in [5, 5.41) is 1.41. The van der Waals surface area contributed by atoms with Crippen molar-refractivity contribution in [2.75, 3.05) is 33.5 Å². The molecule has 1 amide bonds. The molecule has 1 aromatic rings. The van der Waals surface area contributed by atoms with Gasteiger partial charge in [-0.1, -0.05) is 0 Å². The van der Waals surface area contributed by atoms with E-state index in [4.69, 9.17) is 14.2 Å². The molecule has 0 saturated heterocycles. The number of hydrogen-bond acceptors (Lipinski definition) is 6. The Balaban J connectivity index is 2.09. The average molecular weight is 343 g/mol. The topological polar surface area (TPSA) is 90.9 Å². The summed E-state index contributed by atoms with van der Waals surface area (Å²) in [6.45, 7) is 3.04. The number of hydrogen-bond donors (Lipinski definition) is 1. The summed E-state index contributed by atoms with van der Waals surface area (Å²) in [5.74, 6) is 0.355. The van der Waals surface area contributed by atoms with Crippen LogP contribution in [0.25, 0.3) is 0 Å². The van der Waals surface area contributed by atoms with Gasteiger partial charge >= 0.3 is 0 Å². The Morgan fingerprint density at radius 2 is 2.00 bits per heavy atom. The third-order valence-corrected chi connectivity index (χ3v) is 5.56. The van der Waals surface area contributed by atoms with Crippen LogP contribution in [0.3, 0.4) is 0 Å². The summed E-state index contributed by atoms with van der Waals surface area (Å²) < 4.78 is 40.8. The van der Waals surface area contributed by atoms with Gasteiger partial charge in [0.25, 0.3) is 0 Å². The van der Waals surface area contributed by atoms with Gasteiger partial charge in [0, 0.05) is 26.3 Å². The summed E-state index contributed by atoms with van der Waals surface area (Å²) in [7, 11) is -2.23. The molecular formula is C15H21NO6S. The van der Waals surface area contributed by atoms with Crippen LogP contribution in [0, 0.1) is 0 Å². The van der Waals surface area contributed by atoms with Crippen molar-refractivity contribution >= 4 is 15.7 Å². The lowest BCUT2D eigenvalue weighted by atomic mass is 10.3. The molecule has 23 heavy (non-hydrogen) atoms. The summed E-state index contributed by atoms with van der Waals surface area (Å²) >= 11 is 0. The summed E-state index contributed by atoms with van der Waals surface area (Å²) in [4.78, 5) is 12.1. The number of amides is 1. The maximum atomic E-state index is 12.6. The zero-order chi connectivity index (χ0) is 16.9. The first-order valence-electron chi connectivity index (χ1n) is 7.37. The molecule has 0 radical (unpaired) electrons. The van der Waals surface area contributed by atoms with Gasteiger partial charge in [-0.25, -0.2) is 8.42 Å². The van der Waals surface area contributed by atoms with Crippen LogP contribution in [-0.4, -0.2) is 53.1 Å². The molecule has 1 N–H and O–H groups in total. The van der Waals surface area contributed by atoms with Crippen molar-refractivity contribution in [1.82, 2.24) is 5.32 Å².